The summed E-state index contributed by atoms with van der Waals surface area (Å²) >= 11 is 0. The Kier molecular flexibility index (Phi) is 4.53. The molecule has 0 atom stereocenters. The van der Waals surface area contributed by atoms with Gasteiger partial charge < -0.3 is 10.3 Å². The van der Waals surface area contributed by atoms with Crippen LogP contribution in [0.3, 0.4) is 0 Å². The number of anilines is 1. The van der Waals surface area contributed by atoms with Crippen molar-refractivity contribution in [2.75, 3.05) is 5.32 Å². The van der Waals surface area contributed by atoms with Gasteiger partial charge in [0.2, 0.25) is 5.91 Å². The van der Waals surface area contributed by atoms with E-state index in [9.17, 15) is 4.79 Å². The van der Waals surface area contributed by atoms with E-state index in [2.05, 4.69) is 20.6 Å². The summed E-state index contributed by atoms with van der Waals surface area (Å²) in [6.07, 6.45) is 4.93. The fraction of sp³-hybridized carbons (Fsp3) is 0.0952. The molecule has 0 aliphatic rings. The molecular weight excluding hydrogens is 338 g/mol. The highest BCUT2D eigenvalue weighted by atomic mass is 16.1. The molecule has 2 aromatic heterocycles. The standard InChI is InChI=1S/C21H19N5O/c1-15-11-17-12-18(7-9-20(17)22-15)23-21(27)10-8-19-14-26(25-24-19)13-16-5-3-2-4-6-16/h2-12,14,22H,13H2,1H3,(H,23,27)/b10-8+. The van der Waals surface area contributed by atoms with Crippen molar-refractivity contribution in [3.05, 3.63) is 83.8 Å². The van der Waals surface area contributed by atoms with Crippen molar-refractivity contribution in [3.63, 3.8) is 0 Å². The Morgan fingerprint density at radius 3 is 2.89 bits per heavy atom. The lowest BCUT2D eigenvalue weighted by molar-refractivity contribution is -0.111. The second-order valence-corrected chi connectivity index (χ2v) is 6.40. The topological polar surface area (TPSA) is 75.6 Å². The van der Waals surface area contributed by atoms with E-state index in [1.165, 1.54) is 6.08 Å². The molecule has 2 N–H and O–H groups in total. The number of H-pyrrole nitrogens is 1. The quantitative estimate of drug-likeness (QED) is 0.534. The number of benzene rings is 2. The predicted molar refractivity (Wildman–Crippen MR) is 106 cm³/mol. The van der Waals surface area contributed by atoms with E-state index in [1.54, 1.807) is 10.8 Å². The number of aromatic amines is 1. The van der Waals surface area contributed by atoms with Crippen LogP contribution in [-0.2, 0) is 11.3 Å². The predicted octanol–water partition coefficient (Wildman–Crippen LogP) is 3.77. The Balaban J connectivity index is 1.39. The Labute approximate surface area is 156 Å². The van der Waals surface area contributed by atoms with Crippen LogP contribution >= 0.6 is 0 Å². The van der Waals surface area contributed by atoms with E-state index in [1.807, 2.05) is 67.7 Å². The lowest BCUT2D eigenvalue weighted by Gasteiger charge is -2.01. The number of hydrogen-bond acceptors (Lipinski definition) is 3. The first-order valence-electron chi connectivity index (χ1n) is 8.68. The third kappa shape index (κ3) is 4.12. The minimum Gasteiger partial charge on any atom is -0.359 e. The molecule has 4 rings (SSSR count). The SMILES string of the molecule is Cc1cc2cc(NC(=O)/C=C/c3cn(Cc4ccccc4)nn3)ccc2[nH]1. The highest BCUT2D eigenvalue weighted by Crippen LogP contribution is 2.19. The van der Waals surface area contributed by atoms with Crippen LogP contribution in [0.25, 0.3) is 17.0 Å². The van der Waals surface area contributed by atoms with E-state index in [0.717, 1.165) is 27.8 Å². The highest BCUT2D eigenvalue weighted by molar-refractivity contribution is 6.02. The second-order valence-electron chi connectivity index (χ2n) is 6.40. The van der Waals surface area contributed by atoms with Gasteiger partial charge in [0.15, 0.2) is 0 Å². The van der Waals surface area contributed by atoms with E-state index < -0.39 is 0 Å². The molecule has 0 fully saturated rings. The zero-order valence-corrected chi connectivity index (χ0v) is 14.9. The molecule has 2 heterocycles. The summed E-state index contributed by atoms with van der Waals surface area (Å²) in [5.74, 6) is -0.209. The van der Waals surface area contributed by atoms with Crippen LogP contribution in [0, 0.1) is 6.92 Å². The van der Waals surface area contributed by atoms with Gasteiger partial charge >= 0.3 is 0 Å². The lowest BCUT2D eigenvalue weighted by atomic mass is 10.2. The number of aryl methyl sites for hydroxylation is 1. The summed E-state index contributed by atoms with van der Waals surface area (Å²) in [6.45, 7) is 2.65. The Hall–Kier alpha value is -3.67. The number of fused-ring (bicyclic) bond motifs is 1. The van der Waals surface area contributed by atoms with Crippen molar-refractivity contribution >= 4 is 28.6 Å². The normalized spacial score (nSPS) is 11.3. The maximum absolute atomic E-state index is 12.2. The van der Waals surface area contributed by atoms with E-state index in [-0.39, 0.29) is 5.91 Å². The van der Waals surface area contributed by atoms with Crippen molar-refractivity contribution in [1.82, 2.24) is 20.0 Å². The second kappa shape index (κ2) is 7.29. The van der Waals surface area contributed by atoms with Gasteiger partial charge in [-0.15, -0.1) is 5.10 Å². The molecule has 0 unspecified atom stereocenters. The Bertz CT molecular complexity index is 1110. The minimum absolute atomic E-state index is 0.209. The first kappa shape index (κ1) is 16.8. The first-order valence-corrected chi connectivity index (χ1v) is 8.68. The molecular formula is C21H19N5O. The van der Waals surface area contributed by atoms with Gasteiger partial charge in [-0.1, -0.05) is 35.5 Å². The summed E-state index contributed by atoms with van der Waals surface area (Å²) in [7, 11) is 0. The maximum atomic E-state index is 12.2. The van der Waals surface area contributed by atoms with Gasteiger partial charge in [-0.2, -0.15) is 0 Å². The molecule has 0 saturated heterocycles. The smallest absolute Gasteiger partial charge is 0.248 e. The van der Waals surface area contributed by atoms with Gasteiger partial charge in [0.05, 0.1) is 12.7 Å². The maximum Gasteiger partial charge on any atom is 0.248 e. The molecule has 1 amide bonds. The summed E-state index contributed by atoms with van der Waals surface area (Å²) < 4.78 is 1.75. The van der Waals surface area contributed by atoms with Crippen molar-refractivity contribution in [1.29, 1.82) is 0 Å². The van der Waals surface area contributed by atoms with Crippen molar-refractivity contribution in [2.24, 2.45) is 0 Å². The van der Waals surface area contributed by atoms with Crippen molar-refractivity contribution in [3.8, 4) is 0 Å². The highest BCUT2D eigenvalue weighted by Gasteiger charge is 2.03. The summed E-state index contributed by atoms with van der Waals surface area (Å²) in [6, 6.07) is 17.9. The third-order valence-electron chi connectivity index (χ3n) is 4.17. The molecule has 2 aromatic carbocycles. The van der Waals surface area contributed by atoms with Crippen LogP contribution in [0.4, 0.5) is 5.69 Å². The van der Waals surface area contributed by atoms with Gasteiger partial charge in [-0.3, -0.25) is 4.79 Å². The van der Waals surface area contributed by atoms with Crippen molar-refractivity contribution < 1.29 is 4.79 Å². The number of rotatable bonds is 5. The number of hydrogen-bond donors (Lipinski definition) is 2. The first-order chi connectivity index (χ1) is 13.2. The number of nitrogens with zero attached hydrogens (tertiary/aromatic N) is 3. The van der Waals surface area contributed by atoms with Crippen molar-refractivity contribution in [2.45, 2.75) is 13.5 Å². The molecule has 6 heteroatoms. The van der Waals surface area contributed by atoms with E-state index in [0.29, 0.717) is 12.2 Å². The van der Waals surface area contributed by atoms with Gasteiger partial charge in [-0.25, -0.2) is 4.68 Å². The van der Waals surface area contributed by atoms with Gasteiger partial charge in [0.25, 0.3) is 0 Å². The summed E-state index contributed by atoms with van der Waals surface area (Å²) in [4.78, 5) is 15.4. The van der Waals surface area contributed by atoms with Gasteiger partial charge in [-0.05, 0) is 42.8 Å². The van der Waals surface area contributed by atoms with Gasteiger partial charge in [0.1, 0.15) is 5.69 Å². The Morgan fingerprint density at radius 1 is 1.19 bits per heavy atom. The van der Waals surface area contributed by atoms with Crippen LogP contribution in [-0.4, -0.2) is 25.9 Å². The fourth-order valence-electron chi connectivity index (χ4n) is 2.94. The molecule has 134 valence electrons. The Morgan fingerprint density at radius 2 is 2.04 bits per heavy atom. The van der Waals surface area contributed by atoms with Crippen LogP contribution < -0.4 is 5.32 Å². The third-order valence-corrected chi connectivity index (χ3v) is 4.17. The zero-order valence-electron chi connectivity index (χ0n) is 14.9. The fourth-order valence-corrected chi connectivity index (χ4v) is 2.94. The monoisotopic (exact) mass is 357 g/mol. The molecule has 0 saturated carbocycles. The molecule has 0 aliphatic heterocycles. The number of nitrogens with one attached hydrogen (secondary N) is 2. The van der Waals surface area contributed by atoms with E-state index in [4.69, 9.17) is 0 Å². The molecule has 0 spiro atoms. The zero-order chi connectivity index (χ0) is 18.6. The number of amides is 1. The summed E-state index contributed by atoms with van der Waals surface area (Å²) in [5.41, 5.74) is 4.68. The average molecular weight is 357 g/mol. The summed E-state index contributed by atoms with van der Waals surface area (Å²) in [5, 5.41) is 12.1. The molecule has 4 aromatic rings. The molecule has 27 heavy (non-hydrogen) atoms. The van der Waals surface area contributed by atoms with Crippen LogP contribution in [0.15, 0.2) is 66.9 Å². The lowest BCUT2D eigenvalue weighted by Crippen LogP contribution is -2.07. The minimum atomic E-state index is -0.209. The van der Waals surface area contributed by atoms with Gasteiger partial charge in [0, 0.05) is 28.4 Å². The number of carbonyl (C=O) groups excluding carboxylic acids is 1. The van der Waals surface area contributed by atoms with Crippen LogP contribution in [0.5, 0.6) is 0 Å². The molecule has 6 nitrogen and oxygen atoms in total. The van der Waals surface area contributed by atoms with E-state index >= 15 is 0 Å². The van der Waals surface area contributed by atoms with Crippen LogP contribution in [0.2, 0.25) is 0 Å². The average Bonchev–Trinajstić information content (AvgIpc) is 3.26. The van der Waals surface area contributed by atoms with Crippen LogP contribution in [0.1, 0.15) is 17.0 Å². The molecule has 0 aliphatic carbocycles. The largest absolute Gasteiger partial charge is 0.359 e. The number of carbonyl (C=O) groups is 1. The molecule has 0 radical (unpaired) electrons. The molecule has 0 bridgehead atoms. The number of aromatic nitrogens is 4.